The number of benzene rings is 3. The van der Waals surface area contributed by atoms with Gasteiger partial charge in [0.15, 0.2) is 0 Å². The molecule has 1 aliphatic heterocycles. The molecule has 1 aromatic heterocycles. The third-order valence-corrected chi connectivity index (χ3v) is 6.12. The van der Waals surface area contributed by atoms with Crippen molar-refractivity contribution in [3.8, 4) is 5.69 Å². The van der Waals surface area contributed by atoms with Crippen LogP contribution >= 0.6 is 0 Å². The Balaban J connectivity index is 1.62. The van der Waals surface area contributed by atoms with Crippen molar-refractivity contribution >= 4 is 17.4 Å². The number of carbonyl (C=O) groups is 1. The molecule has 7 heteroatoms. The summed E-state index contributed by atoms with van der Waals surface area (Å²) in [5.74, 6) is -1.32. The summed E-state index contributed by atoms with van der Waals surface area (Å²) in [7, 11) is 3.94. The second kappa shape index (κ2) is 8.67. The topological polar surface area (TPSA) is 40.5 Å². The van der Waals surface area contributed by atoms with Gasteiger partial charge in [-0.25, -0.2) is 13.6 Å². The second-order valence-corrected chi connectivity index (χ2v) is 8.50. The van der Waals surface area contributed by atoms with Crippen molar-refractivity contribution in [2.45, 2.75) is 12.6 Å². The number of hydrogen-bond donors (Lipinski definition) is 1. The molecule has 0 saturated carbocycles. The van der Waals surface area contributed by atoms with Gasteiger partial charge >= 0.3 is 6.03 Å². The highest BCUT2D eigenvalue weighted by Crippen LogP contribution is 2.37. The molecule has 0 bridgehead atoms. The number of urea groups is 1. The molecular formula is C27H24F2N4O. The number of nitrogens with zero attached hydrogens (tertiary/aromatic N) is 3. The Morgan fingerprint density at radius 1 is 0.971 bits per heavy atom. The van der Waals surface area contributed by atoms with Crippen LogP contribution in [0.15, 0.2) is 85.1 Å². The number of carbonyl (C=O) groups excluding carboxylic acids is 1. The lowest BCUT2D eigenvalue weighted by atomic mass is 10.0. The van der Waals surface area contributed by atoms with Gasteiger partial charge in [-0.2, -0.15) is 0 Å². The second-order valence-electron chi connectivity index (χ2n) is 8.50. The van der Waals surface area contributed by atoms with Crippen LogP contribution in [0.5, 0.6) is 0 Å². The van der Waals surface area contributed by atoms with Gasteiger partial charge in [0.25, 0.3) is 0 Å². The maximum Gasteiger partial charge on any atom is 0.323 e. The molecule has 5 rings (SSSR count). The smallest absolute Gasteiger partial charge is 0.323 e. The van der Waals surface area contributed by atoms with Gasteiger partial charge in [-0.3, -0.25) is 0 Å². The summed E-state index contributed by atoms with van der Waals surface area (Å²) in [5.41, 5.74) is 4.58. The van der Waals surface area contributed by atoms with E-state index in [1.54, 1.807) is 4.90 Å². The predicted molar refractivity (Wildman–Crippen MR) is 129 cm³/mol. The van der Waals surface area contributed by atoms with Crippen LogP contribution in [0.1, 0.15) is 22.9 Å². The van der Waals surface area contributed by atoms with Crippen molar-refractivity contribution in [3.05, 3.63) is 114 Å². The van der Waals surface area contributed by atoms with Gasteiger partial charge in [0, 0.05) is 37.7 Å². The number of aromatic nitrogens is 1. The van der Waals surface area contributed by atoms with Crippen LogP contribution in [-0.2, 0) is 6.54 Å². The highest BCUT2D eigenvalue weighted by Gasteiger charge is 2.33. The molecule has 1 N–H and O–H groups in total. The minimum Gasteiger partial charge on any atom is -0.378 e. The lowest BCUT2D eigenvalue weighted by molar-refractivity contribution is 0.194. The molecule has 0 saturated heterocycles. The van der Waals surface area contributed by atoms with E-state index >= 15 is 0 Å². The Hall–Kier alpha value is -4.13. The van der Waals surface area contributed by atoms with Crippen LogP contribution < -0.4 is 10.2 Å². The molecule has 2 amide bonds. The molecule has 34 heavy (non-hydrogen) atoms. The first-order valence-corrected chi connectivity index (χ1v) is 11.0. The molecule has 0 fully saturated rings. The molecule has 3 aromatic carbocycles. The predicted octanol–water partition coefficient (Wildman–Crippen LogP) is 5.96. The number of amides is 2. The van der Waals surface area contributed by atoms with E-state index in [0.717, 1.165) is 46.4 Å². The van der Waals surface area contributed by atoms with E-state index in [2.05, 4.69) is 9.88 Å². The van der Waals surface area contributed by atoms with Crippen LogP contribution in [0, 0.1) is 11.6 Å². The zero-order valence-corrected chi connectivity index (χ0v) is 18.9. The van der Waals surface area contributed by atoms with Gasteiger partial charge < -0.3 is 19.7 Å². The normalized spacial score (nSPS) is 14.7. The number of rotatable bonds is 3. The maximum absolute atomic E-state index is 14.3. The van der Waals surface area contributed by atoms with Crippen molar-refractivity contribution in [1.29, 1.82) is 0 Å². The molecule has 1 atom stereocenters. The van der Waals surface area contributed by atoms with Gasteiger partial charge in [-0.1, -0.05) is 30.3 Å². The van der Waals surface area contributed by atoms with Crippen LogP contribution in [0.2, 0.25) is 0 Å². The number of hydrogen-bond acceptors (Lipinski definition) is 2. The van der Waals surface area contributed by atoms with Gasteiger partial charge in [0.2, 0.25) is 0 Å². The fourth-order valence-corrected chi connectivity index (χ4v) is 4.43. The maximum atomic E-state index is 14.3. The van der Waals surface area contributed by atoms with Gasteiger partial charge in [0.1, 0.15) is 11.6 Å². The first kappa shape index (κ1) is 21.7. The van der Waals surface area contributed by atoms with E-state index in [1.165, 1.54) is 0 Å². The average molecular weight is 459 g/mol. The summed E-state index contributed by atoms with van der Waals surface area (Å²) < 4.78 is 30.2. The highest BCUT2D eigenvalue weighted by molar-refractivity contribution is 5.90. The summed E-state index contributed by atoms with van der Waals surface area (Å²) >= 11 is 0. The van der Waals surface area contributed by atoms with Gasteiger partial charge in [0.05, 0.1) is 24.0 Å². The Bertz CT molecular complexity index is 1350. The van der Waals surface area contributed by atoms with Crippen molar-refractivity contribution in [1.82, 2.24) is 9.47 Å². The minimum atomic E-state index is -0.694. The number of para-hydroxylation sites is 1. The molecule has 0 radical (unpaired) electrons. The van der Waals surface area contributed by atoms with Crippen molar-refractivity contribution in [2.24, 2.45) is 0 Å². The number of fused-ring (bicyclic) bond motifs is 3. The third kappa shape index (κ3) is 3.90. The number of halogens is 2. The first-order chi connectivity index (χ1) is 16.4. The Morgan fingerprint density at radius 2 is 1.74 bits per heavy atom. The van der Waals surface area contributed by atoms with Gasteiger partial charge in [-0.15, -0.1) is 0 Å². The van der Waals surface area contributed by atoms with Crippen LogP contribution in [0.3, 0.4) is 0 Å². The first-order valence-electron chi connectivity index (χ1n) is 11.0. The quantitative estimate of drug-likeness (QED) is 0.412. The van der Waals surface area contributed by atoms with Crippen molar-refractivity contribution < 1.29 is 13.6 Å². The van der Waals surface area contributed by atoms with Crippen LogP contribution in [-0.4, -0.2) is 29.6 Å². The van der Waals surface area contributed by atoms with Crippen molar-refractivity contribution in [2.75, 3.05) is 24.3 Å². The largest absolute Gasteiger partial charge is 0.378 e. The standard InChI is InChI=1S/C27H24F2N4O/c1-31(2)21-12-9-18(10-13-21)26-25-8-5-15-32(25)24-7-4-3-6-19(24)17-33(26)27(34)30-23-16-20(28)11-14-22(23)29/h3-16,26H,17H2,1-2H3,(H,30,34)/t26-/m0/s1. The monoisotopic (exact) mass is 458 g/mol. The van der Waals surface area contributed by atoms with Crippen LogP contribution in [0.4, 0.5) is 25.0 Å². The average Bonchev–Trinajstić information content (AvgIpc) is 3.25. The van der Waals surface area contributed by atoms with Gasteiger partial charge in [-0.05, 0) is 53.6 Å². The Kier molecular flexibility index (Phi) is 5.53. The van der Waals surface area contributed by atoms with Crippen LogP contribution in [0.25, 0.3) is 5.69 Å². The SMILES string of the molecule is CN(C)c1ccc([C@H]2c3cccn3-c3ccccc3CN2C(=O)Nc2cc(F)ccc2F)cc1. The highest BCUT2D eigenvalue weighted by atomic mass is 19.1. The molecule has 0 aliphatic carbocycles. The number of nitrogens with one attached hydrogen (secondary N) is 1. The molecule has 172 valence electrons. The molecule has 0 unspecified atom stereocenters. The van der Waals surface area contributed by atoms with E-state index in [9.17, 15) is 13.6 Å². The van der Waals surface area contributed by atoms with E-state index in [1.807, 2.05) is 85.9 Å². The fraction of sp³-hybridized carbons (Fsp3) is 0.148. The molecular weight excluding hydrogens is 434 g/mol. The van der Waals surface area contributed by atoms with E-state index in [0.29, 0.717) is 6.54 Å². The molecule has 0 spiro atoms. The lowest BCUT2D eigenvalue weighted by Crippen LogP contribution is -2.38. The van der Waals surface area contributed by atoms with E-state index in [-0.39, 0.29) is 5.69 Å². The fourth-order valence-electron chi connectivity index (χ4n) is 4.43. The zero-order valence-electron chi connectivity index (χ0n) is 18.9. The summed E-state index contributed by atoms with van der Waals surface area (Å²) in [6, 6.07) is 21.8. The minimum absolute atomic E-state index is 0.195. The summed E-state index contributed by atoms with van der Waals surface area (Å²) in [5, 5.41) is 2.59. The zero-order chi connectivity index (χ0) is 23.8. The lowest BCUT2D eigenvalue weighted by Gasteiger charge is -2.31. The van der Waals surface area contributed by atoms with Crippen molar-refractivity contribution in [3.63, 3.8) is 0 Å². The van der Waals surface area contributed by atoms with E-state index < -0.39 is 23.7 Å². The summed E-state index contributed by atoms with van der Waals surface area (Å²) in [6.45, 7) is 0.292. The molecule has 5 nitrogen and oxygen atoms in total. The third-order valence-electron chi connectivity index (χ3n) is 6.12. The molecule has 4 aromatic rings. The Morgan fingerprint density at radius 3 is 2.50 bits per heavy atom. The number of anilines is 2. The summed E-state index contributed by atoms with van der Waals surface area (Å²) in [4.78, 5) is 17.3. The molecule has 1 aliphatic rings. The molecule has 2 heterocycles. The Labute approximate surface area is 196 Å². The van der Waals surface area contributed by atoms with E-state index in [4.69, 9.17) is 0 Å². The summed E-state index contributed by atoms with van der Waals surface area (Å²) in [6.07, 6.45) is 1.98.